The zero-order valence-electron chi connectivity index (χ0n) is 25.1. The number of carbonyl (C=O) groups excluding carboxylic acids is 2. The van der Waals surface area contributed by atoms with E-state index in [0.717, 1.165) is 36.2 Å². The van der Waals surface area contributed by atoms with Gasteiger partial charge in [0.25, 0.3) is 11.9 Å². The number of rotatable bonds is 8. The molecule has 0 radical (unpaired) electrons. The number of aromatic nitrogens is 1. The van der Waals surface area contributed by atoms with Gasteiger partial charge in [-0.3, -0.25) is 19.5 Å². The Balaban J connectivity index is 0.000000754. The molecule has 4 rings (SSSR count). The third kappa shape index (κ3) is 10.4. The highest BCUT2D eigenvalue weighted by Crippen LogP contribution is 2.24. The lowest BCUT2D eigenvalue weighted by Crippen LogP contribution is -2.40. The number of amidine groups is 1. The SMILES string of the molecule is C#CC[N+](C)(C)c1ccc(CNC(=O)c2cc3cc(F)ccc3n2Cc2cccc(C(=N)N)c2)cc1.CC(=O)O.CC(=O)[O-]. The number of carboxylic acids is 2. The normalized spacial score (nSPS) is 10.4. The molecule has 0 spiro atoms. The molecule has 0 atom stereocenters. The van der Waals surface area contributed by atoms with Crippen molar-refractivity contribution >= 4 is 40.3 Å². The van der Waals surface area contributed by atoms with Crippen molar-refractivity contribution in [2.45, 2.75) is 26.9 Å². The Hall–Kier alpha value is -5.47. The molecule has 230 valence electrons. The molecule has 0 saturated carbocycles. The largest absolute Gasteiger partial charge is 0.550 e. The molecule has 44 heavy (non-hydrogen) atoms. The van der Waals surface area contributed by atoms with Crippen LogP contribution >= 0.6 is 0 Å². The third-order valence-electron chi connectivity index (χ3n) is 6.25. The van der Waals surface area contributed by atoms with Crippen molar-refractivity contribution in [1.29, 1.82) is 5.41 Å². The van der Waals surface area contributed by atoms with Gasteiger partial charge in [-0.2, -0.15) is 0 Å². The van der Waals surface area contributed by atoms with Gasteiger partial charge in [-0.1, -0.05) is 30.3 Å². The molecule has 1 heterocycles. The summed E-state index contributed by atoms with van der Waals surface area (Å²) < 4.78 is 16.3. The summed E-state index contributed by atoms with van der Waals surface area (Å²) in [4.78, 5) is 31.2. The van der Waals surface area contributed by atoms with E-state index in [1.807, 2.05) is 61.1 Å². The van der Waals surface area contributed by atoms with Crippen LogP contribution in [0.2, 0.25) is 0 Å². The fourth-order valence-corrected chi connectivity index (χ4v) is 4.23. The zero-order valence-corrected chi connectivity index (χ0v) is 25.1. The number of nitrogen functional groups attached to an aromatic ring is 1. The maximum atomic E-state index is 13.9. The van der Waals surface area contributed by atoms with Crippen molar-refractivity contribution in [3.05, 3.63) is 101 Å². The van der Waals surface area contributed by atoms with Crippen LogP contribution in [0.5, 0.6) is 0 Å². The zero-order chi connectivity index (χ0) is 33.0. The number of nitrogens with two attached hydrogens (primary N) is 1. The molecule has 1 aromatic heterocycles. The first-order valence-corrected chi connectivity index (χ1v) is 13.4. The Labute approximate surface area is 255 Å². The number of quaternary nitrogens is 1. The van der Waals surface area contributed by atoms with E-state index in [0.29, 0.717) is 40.8 Å². The number of aliphatic carboxylic acids is 2. The molecule has 0 aliphatic rings. The van der Waals surface area contributed by atoms with Gasteiger partial charge in [0.15, 0.2) is 0 Å². The van der Waals surface area contributed by atoms with Gasteiger partial charge in [-0.25, -0.2) is 4.39 Å². The highest BCUT2D eigenvalue weighted by atomic mass is 19.1. The molecule has 0 unspecified atom stereocenters. The maximum absolute atomic E-state index is 13.9. The van der Waals surface area contributed by atoms with E-state index in [-0.39, 0.29) is 17.6 Å². The summed E-state index contributed by atoms with van der Waals surface area (Å²) in [7, 11) is 4.09. The van der Waals surface area contributed by atoms with Gasteiger partial charge in [0, 0.05) is 42.4 Å². The molecule has 3 aromatic carbocycles. The molecule has 0 bridgehead atoms. The van der Waals surface area contributed by atoms with Crippen LogP contribution in [0.1, 0.15) is 41.0 Å². The van der Waals surface area contributed by atoms with E-state index in [2.05, 4.69) is 11.2 Å². The van der Waals surface area contributed by atoms with E-state index in [1.54, 1.807) is 18.2 Å². The predicted molar refractivity (Wildman–Crippen MR) is 167 cm³/mol. The molecule has 0 aliphatic heterocycles. The topological polar surface area (TPSA) is 161 Å². The van der Waals surface area contributed by atoms with Crippen LogP contribution in [0.25, 0.3) is 10.9 Å². The van der Waals surface area contributed by atoms with Crippen LogP contribution in [-0.4, -0.2) is 54.0 Å². The number of hydrogen-bond donors (Lipinski definition) is 4. The molecule has 4 aromatic rings. The number of amides is 1. The number of nitrogens with zero attached hydrogens (tertiary/aromatic N) is 2. The lowest BCUT2D eigenvalue weighted by molar-refractivity contribution is -0.302. The van der Waals surface area contributed by atoms with Crippen LogP contribution in [0.4, 0.5) is 10.1 Å². The quantitative estimate of drug-likeness (QED) is 0.105. The Morgan fingerprint density at radius 1 is 1.05 bits per heavy atom. The molecular formula is C33H36FN5O5. The fourth-order valence-electron chi connectivity index (χ4n) is 4.23. The van der Waals surface area contributed by atoms with Gasteiger partial charge in [0.2, 0.25) is 0 Å². The second-order valence-electron chi connectivity index (χ2n) is 10.3. The summed E-state index contributed by atoms with van der Waals surface area (Å²) in [5.41, 5.74) is 10.3. The summed E-state index contributed by atoms with van der Waals surface area (Å²) in [5, 5.41) is 27.6. The summed E-state index contributed by atoms with van der Waals surface area (Å²) in [6.45, 7) is 3.35. The van der Waals surface area contributed by atoms with E-state index >= 15 is 0 Å². The van der Waals surface area contributed by atoms with Gasteiger partial charge < -0.3 is 30.6 Å². The minimum Gasteiger partial charge on any atom is -0.550 e. The van der Waals surface area contributed by atoms with Crippen LogP contribution in [-0.2, 0) is 22.7 Å². The number of hydrogen-bond acceptors (Lipinski definition) is 5. The third-order valence-corrected chi connectivity index (χ3v) is 6.25. The van der Waals surface area contributed by atoms with Gasteiger partial charge in [0.05, 0.1) is 14.1 Å². The van der Waals surface area contributed by atoms with E-state index < -0.39 is 11.9 Å². The van der Waals surface area contributed by atoms with Crippen LogP contribution in [0, 0.1) is 23.6 Å². The second kappa shape index (κ2) is 15.7. The molecule has 10 nitrogen and oxygen atoms in total. The van der Waals surface area contributed by atoms with Crippen molar-refractivity contribution in [1.82, 2.24) is 14.4 Å². The number of carbonyl (C=O) groups is 3. The summed E-state index contributed by atoms with van der Waals surface area (Å²) in [6.07, 6.45) is 5.48. The molecule has 0 saturated heterocycles. The number of nitrogens with one attached hydrogen (secondary N) is 2. The minimum absolute atomic E-state index is 0.0262. The highest BCUT2D eigenvalue weighted by molar-refractivity contribution is 5.99. The Kier molecular flexibility index (Phi) is 12.4. The second-order valence-corrected chi connectivity index (χ2v) is 10.3. The van der Waals surface area contributed by atoms with Crippen LogP contribution in [0.15, 0.2) is 72.8 Å². The summed E-state index contributed by atoms with van der Waals surface area (Å²) in [5.74, 6) is 0.128. The van der Waals surface area contributed by atoms with Crippen LogP contribution < -0.4 is 20.6 Å². The number of fused-ring (bicyclic) bond motifs is 1. The van der Waals surface area contributed by atoms with E-state index in [1.165, 1.54) is 12.1 Å². The van der Waals surface area contributed by atoms with Crippen molar-refractivity contribution in [2.75, 3.05) is 20.6 Å². The van der Waals surface area contributed by atoms with Gasteiger partial charge >= 0.3 is 0 Å². The smallest absolute Gasteiger partial charge is 0.300 e. The first kappa shape index (κ1) is 34.7. The Bertz CT molecular complexity index is 1670. The minimum atomic E-state index is -1.08. The summed E-state index contributed by atoms with van der Waals surface area (Å²) >= 11 is 0. The number of terminal acetylenes is 1. The molecular weight excluding hydrogens is 565 g/mol. The molecule has 0 aliphatic carbocycles. The molecule has 11 heteroatoms. The Morgan fingerprint density at radius 3 is 2.23 bits per heavy atom. The predicted octanol–water partition coefficient (Wildman–Crippen LogP) is 3.09. The average Bonchev–Trinajstić information content (AvgIpc) is 3.28. The monoisotopic (exact) mass is 601 g/mol. The molecule has 0 fully saturated rings. The average molecular weight is 602 g/mol. The molecule has 5 N–H and O–H groups in total. The first-order valence-electron chi connectivity index (χ1n) is 13.4. The maximum Gasteiger partial charge on any atom is 0.300 e. The van der Waals surface area contributed by atoms with E-state index in [9.17, 15) is 9.18 Å². The first-order chi connectivity index (χ1) is 20.6. The number of carboxylic acid groups (broad SMARTS) is 2. The molecule has 1 amide bonds. The van der Waals surface area contributed by atoms with Crippen LogP contribution in [0.3, 0.4) is 0 Å². The van der Waals surface area contributed by atoms with Gasteiger partial charge in [-0.15, -0.1) is 6.42 Å². The number of halogens is 1. The lowest BCUT2D eigenvalue weighted by atomic mass is 10.1. The summed E-state index contributed by atoms with van der Waals surface area (Å²) in [6, 6.07) is 21.5. The number of benzene rings is 3. The lowest BCUT2D eigenvalue weighted by Gasteiger charge is -2.26. The highest BCUT2D eigenvalue weighted by Gasteiger charge is 2.19. The fraction of sp³-hybridized carbons (Fsp3) is 0.212. The standard InChI is InChI=1S/C29H28FN5O.2C2H4O2/c1-4-14-35(2,3)25-11-8-20(9-12-25)18-33-29(36)27-17-23-16-24(30)10-13-26(23)34(27)19-21-6-5-7-22(15-21)28(31)32;2*1-2(3)4/h1,5-13,15-17H,14,18-19H2,2-3H3,(H3-,31,32,33,36);2*1H3,(H,3,4). The van der Waals surface area contributed by atoms with Gasteiger partial charge in [0.1, 0.15) is 29.6 Å². The Morgan fingerprint density at radius 2 is 1.66 bits per heavy atom. The van der Waals surface area contributed by atoms with Crippen molar-refractivity contribution in [3.63, 3.8) is 0 Å². The van der Waals surface area contributed by atoms with E-state index in [4.69, 9.17) is 37.4 Å². The van der Waals surface area contributed by atoms with Crippen molar-refractivity contribution < 1.29 is 29.0 Å². The van der Waals surface area contributed by atoms with Crippen molar-refractivity contribution in [2.24, 2.45) is 5.73 Å². The van der Waals surface area contributed by atoms with Gasteiger partial charge in [-0.05, 0) is 66.4 Å². The van der Waals surface area contributed by atoms with Crippen molar-refractivity contribution in [3.8, 4) is 12.3 Å².